The van der Waals surface area contributed by atoms with E-state index < -0.39 is 0 Å². The monoisotopic (exact) mass is 402 g/mol. The van der Waals surface area contributed by atoms with Crippen LogP contribution < -0.4 is 15.2 Å². The second-order valence-electron chi connectivity index (χ2n) is 10.1. The zero-order valence-electron chi connectivity index (χ0n) is 18.6. The minimum atomic E-state index is 0.0827. The molecule has 1 N–H and O–H groups in total. The van der Waals surface area contributed by atoms with Crippen LogP contribution in [0.4, 0.5) is 0 Å². The third-order valence-electron chi connectivity index (χ3n) is 8.62. The van der Waals surface area contributed by atoms with Gasteiger partial charge in [0.1, 0.15) is 11.5 Å². The van der Waals surface area contributed by atoms with Crippen LogP contribution in [0.3, 0.4) is 0 Å². The Morgan fingerprint density at radius 3 is 2.33 bits per heavy atom. The molecule has 3 aliphatic rings. The highest BCUT2D eigenvalue weighted by Gasteiger charge is 2.56. The van der Waals surface area contributed by atoms with Gasteiger partial charge in [0, 0.05) is 11.6 Å². The Hall–Kier alpha value is -2.22. The molecular formula is C28H34O2. The van der Waals surface area contributed by atoms with Crippen molar-refractivity contribution >= 4 is 11.3 Å². The van der Waals surface area contributed by atoms with Crippen LogP contribution in [-0.2, 0) is 5.41 Å². The third kappa shape index (κ3) is 2.69. The van der Waals surface area contributed by atoms with Gasteiger partial charge in [-0.25, -0.2) is 0 Å². The molecule has 0 radical (unpaired) electrons. The van der Waals surface area contributed by atoms with E-state index in [0.717, 1.165) is 17.4 Å². The van der Waals surface area contributed by atoms with E-state index in [2.05, 4.69) is 50.2 Å². The molecular weight excluding hydrogens is 368 g/mol. The molecule has 0 heterocycles. The lowest BCUT2D eigenvalue weighted by atomic mass is 9.45. The van der Waals surface area contributed by atoms with Crippen molar-refractivity contribution in [3.8, 4) is 5.75 Å². The molecule has 158 valence electrons. The Balaban J connectivity index is 1.86. The van der Waals surface area contributed by atoms with Crippen molar-refractivity contribution in [2.24, 2.45) is 11.3 Å². The number of aliphatic hydroxyl groups excluding tert-OH is 1. The molecule has 1 spiro atoms. The van der Waals surface area contributed by atoms with E-state index in [4.69, 9.17) is 4.74 Å². The van der Waals surface area contributed by atoms with E-state index in [1.54, 1.807) is 7.11 Å². The highest BCUT2D eigenvalue weighted by Crippen LogP contribution is 2.63. The van der Waals surface area contributed by atoms with Gasteiger partial charge in [-0.1, -0.05) is 76.3 Å². The normalized spacial score (nSPS) is 24.3. The van der Waals surface area contributed by atoms with Gasteiger partial charge in [0.05, 0.1) is 7.11 Å². The van der Waals surface area contributed by atoms with E-state index in [1.165, 1.54) is 66.9 Å². The molecule has 2 nitrogen and oxygen atoms in total. The molecule has 1 fully saturated rings. The summed E-state index contributed by atoms with van der Waals surface area (Å²) in [5.41, 5.74) is 4.60. The summed E-state index contributed by atoms with van der Waals surface area (Å²) < 4.78 is 5.47. The van der Waals surface area contributed by atoms with Crippen molar-refractivity contribution in [2.75, 3.05) is 7.11 Å². The molecule has 0 unspecified atom stereocenters. The molecule has 0 aliphatic heterocycles. The van der Waals surface area contributed by atoms with Crippen molar-refractivity contribution in [3.63, 3.8) is 0 Å². The average molecular weight is 403 g/mol. The summed E-state index contributed by atoms with van der Waals surface area (Å²) in [6.45, 7) is 4.95. The average Bonchev–Trinajstić information content (AvgIpc) is 2.73. The number of fused-ring (bicyclic) bond motifs is 5. The first-order chi connectivity index (χ1) is 14.5. The lowest BCUT2D eigenvalue weighted by Crippen LogP contribution is -2.54. The second-order valence-corrected chi connectivity index (χ2v) is 10.1. The summed E-state index contributed by atoms with van der Waals surface area (Å²) in [6.07, 6.45) is 9.89. The first-order valence-electron chi connectivity index (χ1n) is 11.7. The molecule has 1 atom stereocenters. The van der Waals surface area contributed by atoms with Crippen molar-refractivity contribution in [1.29, 1.82) is 0 Å². The Kier molecular flexibility index (Phi) is 4.72. The Morgan fingerprint density at radius 1 is 0.900 bits per heavy atom. The van der Waals surface area contributed by atoms with Crippen LogP contribution in [-0.4, -0.2) is 12.2 Å². The minimum Gasteiger partial charge on any atom is -0.512 e. The van der Waals surface area contributed by atoms with Gasteiger partial charge in [-0.2, -0.15) is 0 Å². The fourth-order valence-corrected chi connectivity index (χ4v) is 7.00. The largest absolute Gasteiger partial charge is 0.512 e. The van der Waals surface area contributed by atoms with Gasteiger partial charge in [0.2, 0.25) is 0 Å². The lowest BCUT2D eigenvalue weighted by Gasteiger charge is -2.58. The molecule has 2 heteroatoms. The van der Waals surface area contributed by atoms with Crippen molar-refractivity contribution in [1.82, 2.24) is 0 Å². The van der Waals surface area contributed by atoms with Crippen LogP contribution in [0, 0.1) is 11.3 Å². The molecule has 1 saturated carbocycles. The molecule has 0 amide bonds. The van der Waals surface area contributed by atoms with Crippen LogP contribution in [0.5, 0.6) is 5.75 Å². The minimum absolute atomic E-state index is 0.0827. The highest BCUT2D eigenvalue weighted by atomic mass is 16.5. The highest BCUT2D eigenvalue weighted by molar-refractivity contribution is 5.77. The van der Waals surface area contributed by atoms with E-state index in [9.17, 15) is 5.11 Å². The zero-order valence-corrected chi connectivity index (χ0v) is 18.6. The van der Waals surface area contributed by atoms with Crippen LogP contribution >= 0.6 is 0 Å². The van der Waals surface area contributed by atoms with Gasteiger partial charge in [-0.15, -0.1) is 0 Å². The molecule has 3 aliphatic carbocycles. The van der Waals surface area contributed by atoms with E-state index >= 15 is 0 Å². The zero-order chi connectivity index (χ0) is 20.9. The summed E-state index contributed by atoms with van der Waals surface area (Å²) in [5, 5.41) is 13.4. The van der Waals surface area contributed by atoms with Gasteiger partial charge in [0.25, 0.3) is 0 Å². The van der Waals surface area contributed by atoms with Crippen molar-refractivity contribution in [2.45, 2.75) is 70.6 Å². The summed E-state index contributed by atoms with van der Waals surface area (Å²) in [5.74, 6) is 1.71. The predicted molar refractivity (Wildman–Crippen MR) is 123 cm³/mol. The number of rotatable bonds is 1. The maximum Gasteiger partial charge on any atom is 0.119 e. The molecule has 0 aromatic heterocycles. The summed E-state index contributed by atoms with van der Waals surface area (Å²) >= 11 is 0. The van der Waals surface area contributed by atoms with Crippen LogP contribution in [0.15, 0.2) is 42.5 Å². The van der Waals surface area contributed by atoms with Crippen LogP contribution in [0.1, 0.15) is 76.3 Å². The summed E-state index contributed by atoms with van der Waals surface area (Å²) in [7, 11) is 1.69. The van der Waals surface area contributed by atoms with Gasteiger partial charge < -0.3 is 9.84 Å². The molecule has 0 saturated heterocycles. The number of benzene rings is 2. The standard InChI is InChI=1S/C28H34O2/c1-27(2)23-12-8-7-11-21(23)26-20-14-13-19(30-3)17-22(20)25(29)18-24(26)28(27)15-9-5-4-6-10-16-28/h7-8,11-14,17,24,29H,4-6,9-10,15-16,18H2,1-3H3/t24-/m0/s1. The predicted octanol–water partition coefficient (Wildman–Crippen LogP) is 5.60. The summed E-state index contributed by atoms with van der Waals surface area (Å²) in [4.78, 5) is 0. The SMILES string of the molecule is COc1ccc2c(c1)=C(O)C[C@H]1C=2c2ccccc2C(C)(C)C12CCCCCCC2. The smallest absolute Gasteiger partial charge is 0.119 e. The van der Waals surface area contributed by atoms with E-state index in [0.29, 0.717) is 11.7 Å². The van der Waals surface area contributed by atoms with Gasteiger partial charge in [0.15, 0.2) is 0 Å². The maximum atomic E-state index is 11.2. The molecule has 5 rings (SSSR count). The molecule has 0 bridgehead atoms. The number of ether oxygens (including phenoxy) is 1. The van der Waals surface area contributed by atoms with Gasteiger partial charge in [-0.3, -0.25) is 0 Å². The topological polar surface area (TPSA) is 29.5 Å². The number of hydrogen-bond acceptors (Lipinski definition) is 2. The number of methoxy groups -OCH3 is 1. The first-order valence-corrected chi connectivity index (χ1v) is 11.7. The molecule has 30 heavy (non-hydrogen) atoms. The maximum absolute atomic E-state index is 11.2. The van der Waals surface area contributed by atoms with E-state index in [-0.39, 0.29) is 10.8 Å². The number of hydrogen-bond donors (Lipinski definition) is 1. The van der Waals surface area contributed by atoms with Crippen LogP contribution in [0.2, 0.25) is 0 Å². The van der Waals surface area contributed by atoms with Gasteiger partial charge in [-0.05, 0) is 63.6 Å². The van der Waals surface area contributed by atoms with Crippen molar-refractivity contribution in [3.05, 3.63) is 64.0 Å². The van der Waals surface area contributed by atoms with Crippen molar-refractivity contribution < 1.29 is 9.84 Å². The van der Waals surface area contributed by atoms with Crippen LogP contribution in [0.25, 0.3) is 11.3 Å². The third-order valence-corrected chi connectivity index (χ3v) is 8.62. The Morgan fingerprint density at radius 2 is 1.60 bits per heavy atom. The quantitative estimate of drug-likeness (QED) is 0.672. The fourth-order valence-electron chi connectivity index (χ4n) is 7.00. The van der Waals surface area contributed by atoms with E-state index in [1.807, 2.05) is 6.07 Å². The second kappa shape index (κ2) is 7.18. The van der Waals surface area contributed by atoms with Gasteiger partial charge >= 0.3 is 0 Å². The number of aliphatic hydroxyl groups is 1. The lowest BCUT2D eigenvalue weighted by molar-refractivity contribution is 0.0445. The Labute approximate surface area is 180 Å². The summed E-state index contributed by atoms with van der Waals surface area (Å²) in [6, 6.07) is 15.3. The molecule has 2 aromatic rings. The Bertz CT molecular complexity index is 1080. The fraction of sp³-hybridized carbons (Fsp3) is 0.500. The molecule has 2 aromatic carbocycles. The first kappa shape index (κ1) is 19.7.